The molecule has 0 amide bonds. The van der Waals surface area contributed by atoms with E-state index in [9.17, 15) is 19.6 Å². The van der Waals surface area contributed by atoms with Gasteiger partial charge in [0.15, 0.2) is 5.75 Å². The number of hydrogen-bond donors (Lipinski definition) is 2. The van der Waals surface area contributed by atoms with Gasteiger partial charge >= 0.3 is 5.69 Å². The van der Waals surface area contributed by atoms with Crippen LogP contribution in [0.4, 0.5) is 10.1 Å². The number of nitrogens with zero attached hydrogens (tertiary/aromatic N) is 1. The Balaban J connectivity index is 3.40. The quantitative estimate of drug-likeness (QED) is 0.560. The first-order valence-corrected chi connectivity index (χ1v) is 3.78. The van der Waals surface area contributed by atoms with Crippen molar-refractivity contribution in [3.63, 3.8) is 0 Å². The van der Waals surface area contributed by atoms with Crippen molar-refractivity contribution in [1.29, 1.82) is 0 Å². The van der Waals surface area contributed by atoms with Gasteiger partial charge < -0.3 is 10.2 Å². The SMILES string of the molecule is CC(O)c1cc(F)cc([N+](=O)[O-])c1O. The number of nitro groups is 1. The second kappa shape index (κ2) is 3.59. The van der Waals surface area contributed by atoms with Crippen LogP contribution in [0.5, 0.6) is 5.75 Å². The zero-order valence-corrected chi connectivity index (χ0v) is 7.27. The van der Waals surface area contributed by atoms with Crippen molar-refractivity contribution in [2.75, 3.05) is 0 Å². The largest absolute Gasteiger partial charge is 0.502 e. The molecule has 0 heterocycles. The Bertz CT molecular complexity index is 378. The molecule has 0 spiro atoms. The maximum Gasteiger partial charge on any atom is 0.314 e. The zero-order valence-electron chi connectivity index (χ0n) is 7.27. The molecule has 1 aromatic rings. The fourth-order valence-electron chi connectivity index (χ4n) is 1.06. The third-order valence-corrected chi connectivity index (χ3v) is 1.73. The summed E-state index contributed by atoms with van der Waals surface area (Å²) < 4.78 is 12.8. The lowest BCUT2D eigenvalue weighted by atomic mass is 10.1. The second-order valence-corrected chi connectivity index (χ2v) is 2.80. The van der Waals surface area contributed by atoms with Crippen LogP contribution in [0.15, 0.2) is 12.1 Å². The van der Waals surface area contributed by atoms with Gasteiger partial charge in [-0.1, -0.05) is 0 Å². The summed E-state index contributed by atoms with van der Waals surface area (Å²) in [7, 11) is 0. The van der Waals surface area contributed by atoms with Gasteiger partial charge in [-0.3, -0.25) is 10.1 Å². The van der Waals surface area contributed by atoms with Crippen molar-refractivity contribution in [1.82, 2.24) is 0 Å². The Morgan fingerprint density at radius 3 is 2.57 bits per heavy atom. The van der Waals surface area contributed by atoms with Gasteiger partial charge in [-0.2, -0.15) is 0 Å². The fraction of sp³-hybridized carbons (Fsp3) is 0.250. The van der Waals surface area contributed by atoms with Gasteiger partial charge in [-0.25, -0.2) is 4.39 Å². The van der Waals surface area contributed by atoms with Gasteiger partial charge in [0.25, 0.3) is 0 Å². The molecule has 1 atom stereocenters. The van der Waals surface area contributed by atoms with Crippen molar-refractivity contribution in [2.24, 2.45) is 0 Å². The highest BCUT2D eigenvalue weighted by atomic mass is 19.1. The average Bonchev–Trinajstić information content (AvgIpc) is 2.07. The van der Waals surface area contributed by atoms with Gasteiger partial charge in [0.05, 0.1) is 17.1 Å². The maximum atomic E-state index is 12.8. The summed E-state index contributed by atoms with van der Waals surface area (Å²) in [6.45, 7) is 1.28. The van der Waals surface area contributed by atoms with E-state index in [1.165, 1.54) is 6.92 Å². The van der Waals surface area contributed by atoms with Crippen LogP contribution in [0, 0.1) is 15.9 Å². The molecule has 0 radical (unpaired) electrons. The van der Waals surface area contributed by atoms with E-state index in [2.05, 4.69) is 0 Å². The Morgan fingerprint density at radius 2 is 2.14 bits per heavy atom. The predicted octanol–water partition coefficient (Wildman–Crippen LogP) is 1.49. The summed E-state index contributed by atoms with van der Waals surface area (Å²) in [5.41, 5.74) is -0.947. The molecular formula is C8H8FNO4. The molecule has 0 aliphatic heterocycles. The Labute approximate surface area is 78.6 Å². The number of halogens is 1. The molecule has 5 nitrogen and oxygen atoms in total. The Morgan fingerprint density at radius 1 is 1.57 bits per heavy atom. The summed E-state index contributed by atoms with van der Waals surface area (Å²) >= 11 is 0. The lowest BCUT2D eigenvalue weighted by Gasteiger charge is -2.07. The van der Waals surface area contributed by atoms with Crippen LogP contribution in [0.1, 0.15) is 18.6 Å². The number of phenols is 1. The first-order valence-electron chi connectivity index (χ1n) is 3.78. The predicted molar refractivity (Wildman–Crippen MR) is 45.4 cm³/mol. The molecule has 0 fully saturated rings. The number of rotatable bonds is 2. The van der Waals surface area contributed by atoms with E-state index in [0.717, 1.165) is 6.07 Å². The molecule has 2 N–H and O–H groups in total. The van der Waals surface area contributed by atoms with Crippen molar-refractivity contribution < 1.29 is 19.5 Å². The molecule has 6 heteroatoms. The highest BCUT2D eigenvalue weighted by Crippen LogP contribution is 2.34. The van der Waals surface area contributed by atoms with Gasteiger partial charge in [0.1, 0.15) is 5.82 Å². The second-order valence-electron chi connectivity index (χ2n) is 2.80. The number of benzene rings is 1. The van der Waals surface area contributed by atoms with Crippen LogP contribution in [0.3, 0.4) is 0 Å². The van der Waals surface area contributed by atoms with Crippen LogP contribution < -0.4 is 0 Å². The topological polar surface area (TPSA) is 83.6 Å². The monoisotopic (exact) mass is 201 g/mol. The van der Waals surface area contributed by atoms with E-state index >= 15 is 0 Å². The zero-order chi connectivity index (χ0) is 10.9. The molecule has 1 aromatic carbocycles. The highest BCUT2D eigenvalue weighted by Gasteiger charge is 2.21. The van der Waals surface area contributed by atoms with Crippen LogP contribution in [-0.2, 0) is 0 Å². The number of aromatic hydroxyl groups is 1. The molecule has 14 heavy (non-hydrogen) atoms. The first kappa shape index (κ1) is 10.4. The Hall–Kier alpha value is -1.69. The lowest BCUT2D eigenvalue weighted by molar-refractivity contribution is -0.386. The smallest absolute Gasteiger partial charge is 0.314 e. The van der Waals surface area contributed by atoms with E-state index in [-0.39, 0.29) is 5.56 Å². The molecule has 1 unspecified atom stereocenters. The van der Waals surface area contributed by atoms with Crippen molar-refractivity contribution in [2.45, 2.75) is 13.0 Å². The lowest BCUT2D eigenvalue weighted by Crippen LogP contribution is -1.97. The summed E-state index contributed by atoms with van der Waals surface area (Å²) in [5.74, 6) is -1.57. The van der Waals surface area contributed by atoms with Crippen LogP contribution >= 0.6 is 0 Å². The first-order chi connectivity index (χ1) is 6.43. The van der Waals surface area contributed by atoms with Crippen LogP contribution in [0.25, 0.3) is 0 Å². The number of nitro benzene ring substituents is 1. The molecule has 76 valence electrons. The van der Waals surface area contributed by atoms with Gasteiger partial charge in [0.2, 0.25) is 0 Å². The summed E-state index contributed by atoms with van der Waals surface area (Å²) in [5, 5.41) is 28.7. The third kappa shape index (κ3) is 1.80. The number of aliphatic hydroxyl groups is 1. The molecule has 0 saturated heterocycles. The summed E-state index contributed by atoms with van der Waals surface area (Å²) in [4.78, 5) is 9.43. The van der Waals surface area contributed by atoms with Crippen LogP contribution in [0.2, 0.25) is 0 Å². The molecule has 1 rings (SSSR count). The molecule has 0 bridgehead atoms. The minimum Gasteiger partial charge on any atom is -0.502 e. The Kier molecular flexibility index (Phi) is 2.66. The van der Waals surface area contributed by atoms with Crippen molar-refractivity contribution >= 4 is 5.69 Å². The third-order valence-electron chi connectivity index (χ3n) is 1.73. The van der Waals surface area contributed by atoms with Gasteiger partial charge in [0, 0.05) is 5.56 Å². The number of aliphatic hydroxyl groups excluding tert-OH is 1. The van der Waals surface area contributed by atoms with E-state index in [1.807, 2.05) is 0 Å². The summed E-state index contributed by atoms with van der Waals surface area (Å²) in [6.07, 6.45) is -1.16. The molecule has 0 aliphatic carbocycles. The molecule has 0 saturated carbocycles. The van der Waals surface area contributed by atoms with Crippen molar-refractivity contribution in [3.05, 3.63) is 33.6 Å². The molecule has 0 aromatic heterocycles. The average molecular weight is 201 g/mol. The van der Waals surface area contributed by atoms with E-state index in [0.29, 0.717) is 6.07 Å². The number of hydrogen-bond acceptors (Lipinski definition) is 4. The van der Waals surface area contributed by atoms with Crippen LogP contribution in [-0.4, -0.2) is 15.1 Å². The number of phenolic OH excluding ortho intramolecular Hbond substituents is 1. The van der Waals surface area contributed by atoms with Crippen molar-refractivity contribution in [3.8, 4) is 5.75 Å². The standard InChI is InChI=1S/C8H8FNO4/c1-4(11)6-2-5(9)3-7(8(6)12)10(13)14/h2-4,11-12H,1H3. The highest BCUT2D eigenvalue weighted by molar-refractivity contribution is 5.51. The summed E-state index contributed by atoms with van der Waals surface area (Å²) in [6, 6.07) is 1.45. The fourth-order valence-corrected chi connectivity index (χ4v) is 1.06. The maximum absolute atomic E-state index is 12.8. The molecule has 0 aliphatic rings. The van der Waals surface area contributed by atoms with E-state index in [4.69, 9.17) is 5.11 Å². The normalized spacial score (nSPS) is 12.5. The van der Waals surface area contributed by atoms with E-state index < -0.39 is 28.3 Å². The minimum atomic E-state index is -1.16. The minimum absolute atomic E-state index is 0.197. The molecular weight excluding hydrogens is 193 g/mol. The van der Waals surface area contributed by atoms with Gasteiger partial charge in [-0.05, 0) is 13.0 Å². The van der Waals surface area contributed by atoms with E-state index in [1.54, 1.807) is 0 Å². The van der Waals surface area contributed by atoms with Gasteiger partial charge in [-0.15, -0.1) is 0 Å².